The molecule has 0 amide bonds. The van der Waals surface area contributed by atoms with Gasteiger partial charge in [-0.25, -0.2) is 4.79 Å². The highest BCUT2D eigenvalue weighted by atomic mass is 16.6. The van der Waals surface area contributed by atoms with Crippen LogP contribution in [-0.4, -0.2) is 21.8 Å². The zero-order chi connectivity index (χ0) is 16.8. The minimum Gasteiger partial charge on any atom is -0.477 e. The largest absolute Gasteiger partial charge is 0.477 e. The molecule has 0 aliphatic rings. The van der Waals surface area contributed by atoms with Crippen LogP contribution in [0.15, 0.2) is 66.4 Å². The molecule has 0 atom stereocenters. The van der Waals surface area contributed by atoms with Crippen molar-refractivity contribution < 1.29 is 19.6 Å². The van der Waals surface area contributed by atoms with Gasteiger partial charge in [0, 0.05) is 29.5 Å². The molecule has 2 aromatic carbocycles. The summed E-state index contributed by atoms with van der Waals surface area (Å²) in [5, 5.41) is 22.3. The van der Waals surface area contributed by atoms with Gasteiger partial charge in [-0.2, -0.15) is 0 Å². The third-order valence-electron chi connectivity index (χ3n) is 2.92. The third kappa shape index (κ3) is 4.24. The summed E-state index contributed by atoms with van der Waals surface area (Å²) in [6.45, 7) is 0. The van der Waals surface area contributed by atoms with Crippen LogP contribution in [0.2, 0.25) is 0 Å². The van der Waals surface area contributed by atoms with Gasteiger partial charge in [0.25, 0.3) is 5.69 Å². The number of nitro benzene ring substituents is 1. The number of nitrogens with zero attached hydrogens (tertiary/aromatic N) is 1. The van der Waals surface area contributed by atoms with Crippen LogP contribution >= 0.6 is 0 Å². The summed E-state index contributed by atoms with van der Waals surface area (Å²) in [6.07, 6.45) is 0.971. The highest BCUT2D eigenvalue weighted by Gasteiger charge is 2.12. The molecule has 0 spiro atoms. The first-order valence-corrected chi connectivity index (χ1v) is 6.53. The van der Waals surface area contributed by atoms with Crippen molar-refractivity contribution in [1.82, 2.24) is 0 Å². The molecule has 116 valence electrons. The van der Waals surface area contributed by atoms with Crippen molar-refractivity contribution in [3.63, 3.8) is 0 Å². The first kappa shape index (κ1) is 15.9. The quantitative estimate of drug-likeness (QED) is 0.367. The van der Waals surface area contributed by atoms with E-state index in [2.05, 4.69) is 5.32 Å². The molecular formula is C16H12N2O5. The summed E-state index contributed by atoms with van der Waals surface area (Å²) in [7, 11) is 0. The minimum absolute atomic E-state index is 0.114. The van der Waals surface area contributed by atoms with Gasteiger partial charge in [-0.05, 0) is 12.1 Å². The fourth-order valence-electron chi connectivity index (χ4n) is 1.79. The number of rotatable bonds is 6. The van der Waals surface area contributed by atoms with Crippen LogP contribution in [0.25, 0.3) is 0 Å². The first-order chi connectivity index (χ1) is 11.0. The fourth-order valence-corrected chi connectivity index (χ4v) is 1.79. The van der Waals surface area contributed by atoms with E-state index < -0.39 is 16.7 Å². The van der Waals surface area contributed by atoms with E-state index in [4.69, 9.17) is 0 Å². The number of hydrogen-bond acceptors (Lipinski definition) is 5. The molecule has 2 rings (SSSR count). The summed E-state index contributed by atoms with van der Waals surface area (Å²) in [6, 6.07) is 13.4. The maximum absolute atomic E-state index is 12.0. The lowest BCUT2D eigenvalue weighted by molar-refractivity contribution is -0.384. The van der Waals surface area contributed by atoms with E-state index in [1.54, 1.807) is 30.3 Å². The summed E-state index contributed by atoms with van der Waals surface area (Å²) < 4.78 is 0. The lowest BCUT2D eigenvalue weighted by atomic mass is 10.1. The number of anilines is 1. The maximum Gasteiger partial charge on any atom is 0.352 e. The number of allylic oxidation sites excluding steroid dienone is 1. The van der Waals surface area contributed by atoms with Crippen molar-refractivity contribution in [3.05, 3.63) is 82.0 Å². The molecule has 0 aliphatic carbocycles. The number of aliphatic carboxylic acids is 1. The van der Waals surface area contributed by atoms with Gasteiger partial charge < -0.3 is 10.4 Å². The second-order valence-electron chi connectivity index (χ2n) is 4.52. The van der Waals surface area contributed by atoms with Crippen LogP contribution in [0.1, 0.15) is 10.4 Å². The van der Waals surface area contributed by atoms with Crippen LogP contribution in [-0.2, 0) is 4.79 Å². The Morgan fingerprint density at radius 3 is 2.17 bits per heavy atom. The van der Waals surface area contributed by atoms with Gasteiger partial charge in [0.15, 0.2) is 5.78 Å². The van der Waals surface area contributed by atoms with Gasteiger partial charge >= 0.3 is 5.97 Å². The molecule has 0 aromatic heterocycles. The highest BCUT2D eigenvalue weighted by Crippen LogP contribution is 2.17. The average Bonchev–Trinajstić information content (AvgIpc) is 2.55. The smallest absolute Gasteiger partial charge is 0.352 e. The number of nitrogens with one attached hydrogen (secondary N) is 1. The molecule has 0 bridgehead atoms. The van der Waals surface area contributed by atoms with Crippen molar-refractivity contribution in [3.8, 4) is 0 Å². The Morgan fingerprint density at radius 2 is 1.65 bits per heavy atom. The van der Waals surface area contributed by atoms with Crippen LogP contribution in [0.3, 0.4) is 0 Å². The molecule has 7 heteroatoms. The van der Waals surface area contributed by atoms with Gasteiger partial charge in [-0.1, -0.05) is 30.3 Å². The number of carboxylic acid groups (broad SMARTS) is 1. The van der Waals surface area contributed by atoms with E-state index in [1.165, 1.54) is 24.3 Å². The number of carboxylic acids is 1. The topological polar surface area (TPSA) is 110 Å². The van der Waals surface area contributed by atoms with E-state index >= 15 is 0 Å². The Balaban J connectivity index is 2.22. The minimum atomic E-state index is -1.31. The molecule has 0 radical (unpaired) electrons. The maximum atomic E-state index is 12.0. The number of ketones is 1. The highest BCUT2D eigenvalue weighted by molar-refractivity contribution is 6.09. The van der Waals surface area contributed by atoms with Gasteiger partial charge in [0.2, 0.25) is 0 Å². The standard InChI is InChI=1S/C16H12N2O5/c19-15(11-4-2-1-3-5-11)10-14(16(20)21)17-12-6-8-13(9-7-12)18(22)23/h1-10,17H,(H,20,21). The Kier molecular flexibility index (Phi) is 4.83. The van der Waals surface area contributed by atoms with Crippen molar-refractivity contribution in [2.45, 2.75) is 0 Å². The van der Waals surface area contributed by atoms with E-state index in [0.717, 1.165) is 6.08 Å². The molecule has 7 nitrogen and oxygen atoms in total. The number of carbonyl (C=O) groups excluding carboxylic acids is 1. The van der Waals surface area contributed by atoms with Gasteiger partial charge in [-0.3, -0.25) is 14.9 Å². The summed E-state index contributed by atoms with van der Waals surface area (Å²) in [4.78, 5) is 33.3. The van der Waals surface area contributed by atoms with E-state index in [1.807, 2.05) is 0 Å². The Labute approximate surface area is 131 Å². The summed E-state index contributed by atoms with van der Waals surface area (Å²) in [5.74, 6) is -1.77. The molecule has 0 unspecified atom stereocenters. The molecule has 0 aliphatic heterocycles. The lowest BCUT2D eigenvalue weighted by Crippen LogP contribution is -2.13. The lowest BCUT2D eigenvalue weighted by Gasteiger charge is -2.06. The molecule has 0 saturated heterocycles. The normalized spacial score (nSPS) is 10.9. The second-order valence-corrected chi connectivity index (χ2v) is 4.52. The molecule has 23 heavy (non-hydrogen) atoms. The van der Waals surface area contributed by atoms with Crippen molar-refractivity contribution in [2.24, 2.45) is 0 Å². The first-order valence-electron chi connectivity index (χ1n) is 6.53. The Hall–Kier alpha value is -3.48. The van der Waals surface area contributed by atoms with Gasteiger partial charge in [0.05, 0.1) is 4.92 Å². The zero-order valence-corrected chi connectivity index (χ0v) is 11.8. The number of benzene rings is 2. The van der Waals surface area contributed by atoms with E-state index in [9.17, 15) is 24.8 Å². The van der Waals surface area contributed by atoms with Crippen LogP contribution < -0.4 is 5.32 Å². The Bertz CT molecular complexity index is 767. The molecular weight excluding hydrogens is 300 g/mol. The summed E-state index contributed by atoms with van der Waals surface area (Å²) >= 11 is 0. The third-order valence-corrected chi connectivity index (χ3v) is 2.92. The molecule has 0 fully saturated rings. The number of non-ortho nitro benzene ring substituents is 1. The molecule has 2 aromatic rings. The number of carbonyl (C=O) groups is 2. The summed E-state index contributed by atoms with van der Waals surface area (Å²) in [5.41, 5.74) is 0.242. The monoisotopic (exact) mass is 312 g/mol. The zero-order valence-electron chi connectivity index (χ0n) is 11.8. The second kappa shape index (κ2) is 6.99. The fraction of sp³-hybridized carbons (Fsp3) is 0. The molecule has 2 N–H and O–H groups in total. The SMILES string of the molecule is O=C(O)C(=CC(=O)c1ccccc1)Nc1ccc([N+](=O)[O-])cc1. The van der Waals surface area contributed by atoms with Crippen molar-refractivity contribution in [2.75, 3.05) is 5.32 Å². The number of hydrogen-bond donors (Lipinski definition) is 2. The van der Waals surface area contributed by atoms with E-state index in [-0.39, 0.29) is 11.4 Å². The van der Waals surface area contributed by atoms with Gasteiger partial charge in [-0.15, -0.1) is 0 Å². The van der Waals surface area contributed by atoms with Crippen molar-refractivity contribution in [1.29, 1.82) is 0 Å². The van der Waals surface area contributed by atoms with Crippen molar-refractivity contribution >= 4 is 23.1 Å². The van der Waals surface area contributed by atoms with Crippen LogP contribution in [0.5, 0.6) is 0 Å². The predicted molar refractivity (Wildman–Crippen MR) is 83.2 cm³/mol. The van der Waals surface area contributed by atoms with E-state index in [0.29, 0.717) is 11.3 Å². The average molecular weight is 312 g/mol. The molecule has 0 saturated carbocycles. The molecule has 0 heterocycles. The predicted octanol–water partition coefficient (Wildman–Crippen LogP) is 2.86. The Morgan fingerprint density at radius 1 is 1.04 bits per heavy atom. The van der Waals surface area contributed by atoms with Crippen LogP contribution in [0, 0.1) is 10.1 Å². The van der Waals surface area contributed by atoms with Gasteiger partial charge in [0.1, 0.15) is 5.70 Å². The van der Waals surface area contributed by atoms with Crippen LogP contribution in [0.4, 0.5) is 11.4 Å². The number of nitro groups is 1.